The van der Waals surface area contributed by atoms with Gasteiger partial charge in [0.2, 0.25) is 0 Å². The summed E-state index contributed by atoms with van der Waals surface area (Å²) in [5, 5.41) is 0. The van der Waals surface area contributed by atoms with Crippen LogP contribution in [0.25, 0.3) is 0 Å². The highest BCUT2D eigenvalue weighted by atomic mass is 19.3. The van der Waals surface area contributed by atoms with Crippen LogP contribution in [0.15, 0.2) is 35.3 Å². The monoisotopic (exact) mass is 141 g/mol. The van der Waals surface area contributed by atoms with Crippen LogP contribution in [0, 0.1) is 0 Å². The van der Waals surface area contributed by atoms with Crippen molar-refractivity contribution in [2.24, 2.45) is 4.99 Å². The van der Waals surface area contributed by atoms with E-state index in [0.717, 1.165) is 0 Å². The largest absolute Gasteiger partial charge is 0.365 e. The zero-order chi connectivity index (χ0) is 7.40. The molecule has 0 amide bonds. The molecule has 1 nitrogen and oxygen atoms in total. The molecule has 0 radical (unpaired) electrons. The van der Waals surface area contributed by atoms with Crippen LogP contribution in [0.5, 0.6) is 0 Å². The fourth-order valence-electron chi connectivity index (χ4n) is 0.600. The Kier molecular flexibility index (Phi) is 2.10. The number of nitrogens with zero attached hydrogens (tertiary/aromatic N) is 1. The lowest BCUT2D eigenvalue weighted by molar-refractivity contribution is 0.616. The molecule has 0 aliphatic rings. The van der Waals surface area contributed by atoms with Gasteiger partial charge in [-0.3, -0.25) is 0 Å². The van der Waals surface area contributed by atoms with E-state index in [1.165, 1.54) is 12.1 Å². The summed E-state index contributed by atoms with van der Waals surface area (Å²) in [4.78, 5) is 2.94. The van der Waals surface area contributed by atoms with Gasteiger partial charge in [0.15, 0.2) is 0 Å². The van der Waals surface area contributed by atoms with Crippen molar-refractivity contribution in [2.75, 3.05) is 0 Å². The van der Waals surface area contributed by atoms with E-state index in [0.29, 0.717) is 0 Å². The van der Waals surface area contributed by atoms with Gasteiger partial charge in [-0.1, -0.05) is 18.2 Å². The molecular weight excluding hydrogens is 136 g/mol. The van der Waals surface area contributed by atoms with Crippen molar-refractivity contribution < 1.29 is 8.78 Å². The molecule has 0 N–H and O–H groups in total. The Hall–Kier alpha value is -1.25. The van der Waals surface area contributed by atoms with Crippen molar-refractivity contribution in [3.8, 4) is 0 Å². The molecule has 0 aromatic heterocycles. The van der Waals surface area contributed by atoms with Gasteiger partial charge in [-0.25, -0.2) is 0 Å². The average molecular weight is 141 g/mol. The van der Waals surface area contributed by atoms with Gasteiger partial charge in [0.25, 0.3) is 0 Å². The summed E-state index contributed by atoms with van der Waals surface area (Å²) in [6.07, 6.45) is -1.91. The molecular formula is C7H5F2N. The number of hydrogen-bond donors (Lipinski definition) is 0. The van der Waals surface area contributed by atoms with Crippen molar-refractivity contribution in [1.82, 2.24) is 0 Å². The molecule has 0 aliphatic heterocycles. The lowest BCUT2D eigenvalue weighted by atomic mass is 10.3. The Morgan fingerprint density at radius 1 is 1.10 bits per heavy atom. The molecule has 10 heavy (non-hydrogen) atoms. The van der Waals surface area contributed by atoms with Crippen molar-refractivity contribution in [3.05, 3.63) is 30.3 Å². The first kappa shape index (κ1) is 6.86. The minimum absolute atomic E-state index is 0.280. The zero-order valence-corrected chi connectivity index (χ0v) is 5.09. The molecule has 0 bridgehead atoms. The van der Waals surface area contributed by atoms with Crippen LogP contribution in [-0.2, 0) is 0 Å². The minimum atomic E-state index is -1.91. The first-order chi connectivity index (χ1) is 4.79. The summed E-state index contributed by atoms with van der Waals surface area (Å²) >= 11 is 0. The van der Waals surface area contributed by atoms with Crippen LogP contribution in [-0.4, -0.2) is 6.22 Å². The summed E-state index contributed by atoms with van der Waals surface area (Å²) in [5.74, 6) is 0. The summed E-state index contributed by atoms with van der Waals surface area (Å²) in [7, 11) is 0. The maximum absolute atomic E-state index is 11.5. The third kappa shape index (κ3) is 1.93. The number of para-hydroxylation sites is 1. The van der Waals surface area contributed by atoms with Crippen molar-refractivity contribution in [1.29, 1.82) is 0 Å². The molecule has 52 valence electrons. The molecule has 0 saturated carbocycles. The summed E-state index contributed by atoms with van der Waals surface area (Å²) < 4.78 is 22.9. The summed E-state index contributed by atoms with van der Waals surface area (Å²) in [6, 6.07) is 8.08. The van der Waals surface area contributed by atoms with Crippen LogP contribution in [0.4, 0.5) is 14.5 Å². The molecule has 0 unspecified atom stereocenters. The second kappa shape index (κ2) is 3.06. The fourth-order valence-corrected chi connectivity index (χ4v) is 0.600. The maximum Gasteiger partial charge on any atom is 0.365 e. The van der Waals surface area contributed by atoms with Gasteiger partial charge < -0.3 is 0 Å². The van der Waals surface area contributed by atoms with Crippen molar-refractivity contribution >= 4 is 11.9 Å². The quantitative estimate of drug-likeness (QED) is 0.533. The lowest BCUT2D eigenvalue weighted by Crippen LogP contribution is -1.71. The highest BCUT2D eigenvalue weighted by Crippen LogP contribution is 2.10. The average Bonchev–Trinajstić information content (AvgIpc) is 1.88. The van der Waals surface area contributed by atoms with Gasteiger partial charge in [0.1, 0.15) is 0 Å². The van der Waals surface area contributed by atoms with Crippen LogP contribution in [0.2, 0.25) is 0 Å². The van der Waals surface area contributed by atoms with Gasteiger partial charge in [-0.05, 0) is 12.1 Å². The van der Waals surface area contributed by atoms with Crippen LogP contribution < -0.4 is 0 Å². The van der Waals surface area contributed by atoms with Crippen LogP contribution in [0.1, 0.15) is 0 Å². The minimum Gasteiger partial charge on any atom is -0.194 e. The Morgan fingerprint density at radius 3 is 2.20 bits per heavy atom. The third-order valence-electron chi connectivity index (χ3n) is 0.970. The van der Waals surface area contributed by atoms with Gasteiger partial charge in [0, 0.05) is 0 Å². The van der Waals surface area contributed by atoms with E-state index < -0.39 is 6.22 Å². The Morgan fingerprint density at radius 2 is 1.70 bits per heavy atom. The maximum atomic E-state index is 11.5. The molecule has 1 aromatic carbocycles. The number of halogens is 2. The third-order valence-corrected chi connectivity index (χ3v) is 0.970. The first-order valence-corrected chi connectivity index (χ1v) is 2.74. The highest BCUT2D eigenvalue weighted by molar-refractivity contribution is 5.68. The van der Waals surface area contributed by atoms with Crippen LogP contribution in [0.3, 0.4) is 0 Å². The zero-order valence-electron chi connectivity index (χ0n) is 5.09. The van der Waals surface area contributed by atoms with Crippen LogP contribution >= 0.6 is 0 Å². The molecule has 0 atom stereocenters. The molecule has 3 heteroatoms. The standard InChI is InChI=1S/C7H5F2N/c8-7(9)10-6-4-2-1-3-5-6/h1-5H. The Labute approximate surface area is 57.0 Å². The second-order valence-corrected chi connectivity index (χ2v) is 1.69. The molecule has 1 rings (SSSR count). The predicted molar refractivity (Wildman–Crippen MR) is 35.8 cm³/mol. The number of hydrogen-bond acceptors (Lipinski definition) is 1. The van der Waals surface area contributed by atoms with Crippen molar-refractivity contribution in [3.63, 3.8) is 0 Å². The van der Waals surface area contributed by atoms with E-state index >= 15 is 0 Å². The molecule has 0 fully saturated rings. The smallest absolute Gasteiger partial charge is 0.194 e. The van der Waals surface area contributed by atoms with Gasteiger partial charge >= 0.3 is 6.22 Å². The lowest BCUT2D eigenvalue weighted by Gasteiger charge is -1.87. The van der Waals surface area contributed by atoms with E-state index in [4.69, 9.17) is 0 Å². The molecule has 0 heterocycles. The number of rotatable bonds is 1. The molecule has 0 saturated heterocycles. The normalized spacial score (nSPS) is 9.00. The van der Waals surface area contributed by atoms with Gasteiger partial charge in [-0.15, -0.1) is 0 Å². The summed E-state index contributed by atoms with van der Waals surface area (Å²) in [5.41, 5.74) is 0.280. The Balaban J connectivity index is 2.87. The van der Waals surface area contributed by atoms with E-state index in [1.807, 2.05) is 0 Å². The molecule has 1 aromatic rings. The van der Waals surface area contributed by atoms with Gasteiger partial charge in [0.05, 0.1) is 5.69 Å². The SMILES string of the molecule is FC(F)=Nc1ccccc1. The Bertz CT molecular complexity index is 227. The molecule has 0 aliphatic carbocycles. The number of benzene rings is 1. The topological polar surface area (TPSA) is 12.4 Å². The second-order valence-electron chi connectivity index (χ2n) is 1.69. The van der Waals surface area contributed by atoms with Crippen molar-refractivity contribution in [2.45, 2.75) is 0 Å². The number of aliphatic imine (C=N–C) groups is 1. The van der Waals surface area contributed by atoms with E-state index in [2.05, 4.69) is 4.99 Å². The van der Waals surface area contributed by atoms with E-state index in [9.17, 15) is 8.78 Å². The predicted octanol–water partition coefficient (Wildman–Crippen LogP) is 2.61. The molecule has 0 spiro atoms. The highest BCUT2D eigenvalue weighted by Gasteiger charge is 1.89. The van der Waals surface area contributed by atoms with E-state index in [-0.39, 0.29) is 5.69 Å². The fraction of sp³-hybridized carbons (Fsp3) is 0. The van der Waals surface area contributed by atoms with Gasteiger partial charge in [-0.2, -0.15) is 13.8 Å². The van der Waals surface area contributed by atoms with E-state index in [1.54, 1.807) is 18.2 Å². The summed E-state index contributed by atoms with van der Waals surface area (Å²) in [6.45, 7) is 0. The first-order valence-electron chi connectivity index (χ1n) is 2.74.